The lowest BCUT2D eigenvalue weighted by Gasteiger charge is -2.26. The lowest BCUT2D eigenvalue weighted by molar-refractivity contribution is -0.384. The van der Waals surface area contributed by atoms with Gasteiger partial charge in [-0.1, -0.05) is 22.9 Å². The van der Waals surface area contributed by atoms with E-state index < -0.39 is 22.8 Å². The highest BCUT2D eigenvalue weighted by molar-refractivity contribution is 9.10. The summed E-state index contributed by atoms with van der Waals surface area (Å²) in [4.78, 5) is 49.8. The highest BCUT2D eigenvalue weighted by Crippen LogP contribution is 2.29. The zero-order valence-corrected chi connectivity index (χ0v) is 21.8. The van der Waals surface area contributed by atoms with E-state index in [1.165, 1.54) is 18.2 Å². The number of rotatable bonds is 9. The number of nitrogens with one attached hydrogen (secondary N) is 1. The van der Waals surface area contributed by atoms with Gasteiger partial charge in [-0.05, 0) is 72.7 Å². The van der Waals surface area contributed by atoms with Gasteiger partial charge in [0.2, 0.25) is 0 Å². The first-order valence-corrected chi connectivity index (χ1v) is 12.4. The molecule has 0 saturated carbocycles. The Morgan fingerprint density at radius 3 is 2.37 bits per heavy atom. The van der Waals surface area contributed by atoms with E-state index in [0.717, 1.165) is 11.3 Å². The minimum atomic E-state index is -0.858. The first kappa shape index (κ1) is 26.6. The fraction of sp³-hybridized carbons (Fsp3) is 0.148. The van der Waals surface area contributed by atoms with E-state index in [0.29, 0.717) is 33.7 Å². The third-order valence-electron chi connectivity index (χ3n) is 5.48. The molecule has 1 aliphatic heterocycles. The Kier molecular flexibility index (Phi) is 8.17. The maximum atomic E-state index is 13.3. The molecule has 0 atom stereocenters. The molecule has 194 valence electrons. The van der Waals surface area contributed by atoms with E-state index >= 15 is 0 Å². The van der Waals surface area contributed by atoms with E-state index in [-0.39, 0.29) is 23.6 Å². The van der Waals surface area contributed by atoms with Gasteiger partial charge >= 0.3 is 6.03 Å². The Balaban J connectivity index is 1.59. The second-order valence-electron chi connectivity index (χ2n) is 8.19. The number of nitro groups is 1. The second kappa shape index (κ2) is 11.7. The average molecular weight is 580 g/mol. The Morgan fingerprint density at radius 1 is 1.00 bits per heavy atom. The zero-order chi connectivity index (χ0) is 27.2. The zero-order valence-electron chi connectivity index (χ0n) is 20.2. The minimum absolute atomic E-state index is 0.0353. The molecule has 1 N–H and O–H groups in total. The van der Waals surface area contributed by atoms with E-state index in [4.69, 9.17) is 9.47 Å². The van der Waals surface area contributed by atoms with Crippen molar-refractivity contribution >= 4 is 51.2 Å². The topological polar surface area (TPSA) is 128 Å². The predicted octanol–water partition coefficient (Wildman–Crippen LogP) is 5.39. The van der Waals surface area contributed by atoms with Crippen molar-refractivity contribution in [1.29, 1.82) is 0 Å². The second-order valence-corrected chi connectivity index (χ2v) is 9.11. The molecule has 0 aliphatic carbocycles. The number of nitrogens with zero attached hydrogens (tertiary/aromatic N) is 2. The molecule has 0 bridgehead atoms. The van der Waals surface area contributed by atoms with Gasteiger partial charge in [0.1, 0.15) is 23.7 Å². The van der Waals surface area contributed by atoms with Crippen molar-refractivity contribution in [3.05, 3.63) is 98.0 Å². The number of carbonyl (C=O) groups excluding carboxylic acids is 3. The summed E-state index contributed by atoms with van der Waals surface area (Å²) < 4.78 is 12.1. The van der Waals surface area contributed by atoms with Crippen LogP contribution in [0.15, 0.2) is 76.8 Å². The molecule has 38 heavy (non-hydrogen) atoms. The largest absolute Gasteiger partial charge is 0.494 e. The monoisotopic (exact) mass is 579 g/mol. The first-order valence-electron chi connectivity index (χ1n) is 11.6. The van der Waals surface area contributed by atoms with Crippen molar-refractivity contribution in [1.82, 2.24) is 5.32 Å². The Morgan fingerprint density at radius 2 is 1.71 bits per heavy atom. The molecule has 4 amide bonds. The average Bonchev–Trinajstić information content (AvgIpc) is 2.90. The molecule has 1 fully saturated rings. The van der Waals surface area contributed by atoms with Crippen LogP contribution in [0, 0.1) is 10.1 Å². The van der Waals surface area contributed by atoms with Gasteiger partial charge in [-0.2, -0.15) is 0 Å². The fourth-order valence-electron chi connectivity index (χ4n) is 3.60. The van der Waals surface area contributed by atoms with E-state index in [1.807, 2.05) is 6.92 Å². The van der Waals surface area contributed by atoms with Crippen LogP contribution in [0.3, 0.4) is 0 Å². The summed E-state index contributed by atoms with van der Waals surface area (Å²) in [6.07, 6.45) is 2.19. The fourth-order valence-corrected chi connectivity index (χ4v) is 3.98. The van der Waals surface area contributed by atoms with Crippen LogP contribution >= 0.6 is 15.9 Å². The molecule has 1 saturated heterocycles. The summed E-state index contributed by atoms with van der Waals surface area (Å²) in [5, 5.41) is 13.1. The number of hydrogen-bond donors (Lipinski definition) is 1. The summed E-state index contributed by atoms with van der Waals surface area (Å²) >= 11 is 3.38. The molecule has 3 aromatic rings. The molecule has 1 aliphatic rings. The number of non-ortho nitro benzene ring substituents is 1. The Labute approximate surface area is 226 Å². The van der Waals surface area contributed by atoms with Crippen LogP contribution in [0.5, 0.6) is 11.5 Å². The first-order chi connectivity index (χ1) is 18.3. The third-order valence-corrected chi connectivity index (χ3v) is 5.98. The van der Waals surface area contributed by atoms with Gasteiger partial charge in [-0.15, -0.1) is 0 Å². The quantitative estimate of drug-likeness (QED) is 0.156. The predicted molar refractivity (Wildman–Crippen MR) is 143 cm³/mol. The molecule has 11 heteroatoms. The smallest absolute Gasteiger partial charge is 0.335 e. The van der Waals surface area contributed by atoms with Crippen molar-refractivity contribution in [3.63, 3.8) is 0 Å². The van der Waals surface area contributed by atoms with Crippen LogP contribution in [0.1, 0.15) is 24.5 Å². The van der Waals surface area contributed by atoms with Gasteiger partial charge < -0.3 is 9.47 Å². The van der Waals surface area contributed by atoms with Crippen LogP contribution in [-0.4, -0.2) is 29.4 Å². The number of urea groups is 1. The van der Waals surface area contributed by atoms with Crippen molar-refractivity contribution < 1.29 is 28.8 Å². The number of barbiturate groups is 1. The van der Waals surface area contributed by atoms with E-state index in [2.05, 4.69) is 21.2 Å². The van der Waals surface area contributed by atoms with Gasteiger partial charge in [0.15, 0.2) is 0 Å². The number of carbonyl (C=O) groups is 3. The summed E-state index contributed by atoms with van der Waals surface area (Å²) in [7, 11) is 0. The van der Waals surface area contributed by atoms with Crippen LogP contribution in [0.2, 0.25) is 0 Å². The molecule has 0 unspecified atom stereocenters. The van der Waals surface area contributed by atoms with Crippen molar-refractivity contribution in [3.8, 4) is 11.5 Å². The van der Waals surface area contributed by atoms with Crippen molar-refractivity contribution in [2.45, 2.75) is 20.0 Å². The van der Waals surface area contributed by atoms with E-state index in [1.54, 1.807) is 54.6 Å². The normalized spacial score (nSPS) is 14.4. The summed E-state index contributed by atoms with van der Waals surface area (Å²) in [5.74, 6) is -0.667. The molecule has 3 aromatic carbocycles. The van der Waals surface area contributed by atoms with Gasteiger partial charge in [-0.3, -0.25) is 25.0 Å². The highest BCUT2D eigenvalue weighted by atomic mass is 79.9. The van der Waals surface area contributed by atoms with Crippen LogP contribution in [0.4, 0.5) is 16.2 Å². The van der Waals surface area contributed by atoms with E-state index in [9.17, 15) is 24.5 Å². The molecule has 4 rings (SSSR count). The molecule has 1 heterocycles. The summed E-state index contributed by atoms with van der Waals surface area (Å²) in [6.45, 7) is 2.60. The molecule has 0 radical (unpaired) electrons. The third kappa shape index (κ3) is 6.06. The number of hydrogen-bond acceptors (Lipinski definition) is 7. The summed E-state index contributed by atoms with van der Waals surface area (Å²) in [6, 6.07) is 16.5. The number of halogens is 1. The number of imide groups is 2. The molecule has 10 nitrogen and oxygen atoms in total. The maximum Gasteiger partial charge on any atom is 0.335 e. The molecular formula is C27H22BrN3O7. The van der Waals surface area contributed by atoms with Crippen LogP contribution in [-0.2, 0) is 16.2 Å². The van der Waals surface area contributed by atoms with Gasteiger partial charge in [0, 0.05) is 22.2 Å². The molecule has 0 spiro atoms. The van der Waals surface area contributed by atoms with Crippen molar-refractivity contribution in [2.75, 3.05) is 11.5 Å². The van der Waals surface area contributed by atoms with Crippen LogP contribution in [0.25, 0.3) is 6.08 Å². The van der Waals surface area contributed by atoms with Gasteiger partial charge in [-0.25, -0.2) is 9.69 Å². The lowest BCUT2D eigenvalue weighted by atomic mass is 10.1. The Bertz CT molecular complexity index is 1420. The SMILES string of the molecule is CCCOc1ccc(N2C(=O)NC(=O)/C(=C/c3cc(Br)ccc3OCc3ccc([N+](=O)[O-])cc3)C2=O)cc1. The number of benzene rings is 3. The standard InChI is InChI=1S/C27H22BrN3O7/c1-2-13-37-22-10-8-20(9-11-22)30-26(33)23(25(32)29-27(30)34)15-18-14-19(28)5-12-24(18)38-16-17-3-6-21(7-4-17)31(35)36/h3-12,14-15H,2,13,16H2,1H3,(H,29,32,34)/b23-15-. The molecular weight excluding hydrogens is 558 g/mol. The highest BCUT2D eigenvalue weighted by Gasteiger charge is 2.37. The number of ether oxygens (including phenoxy) is 2. The number of anilines is 1. The van der Waals surface area contributed by atoms with Crippen molar-refractivity contribution in [2.24, 2.45) is 0 Å². The maximum absolute atomic E-state index is 13.3. The molecule has 0 aromatic heterocycles. The summed E-state index contributed by atoms with van der Waals surface area (Å²) in [5.41, 5.74) is 1.09. The Hall–Kier alpha value is -4.51. The minimum Gasteiger partial charge on any atom is -0.494 e. The number of amides is 4. The lowest BCUT2D eigenvalue weighted by Crippen LogP contribution is -2.54. The number of nitro benzene ring substituents is 1. The van der Waals surface area contributed by atoms with Gasteiger partial charge in [0.05, 0.1) is 17.2 Å². The van der Waals surface area contributed by atoms with Gasteiger partial charge in [0.25, 0.3) is 17.5 Å². The van der Waals surface area contributed by atoms with Crippen LogP contribution < -0.4 is 19.7 Å².